The van der Waals surface area contributed by atoms with Crippen molar-refractivity contribution in [3.63, 3.8) is 0 Å². The van der Waals surface area contributed by atoms with E-state index in [0.717, 1.165) is 25.6 Å². The number of carboxylic acid groups (broad SMARTS) is 2. The topological polar surface area (TPSA) is 177 Å². The van der Waals surface area contributed by atoms with E-state index in [9.17, 15) is 39.6 Å². The second-order valence-corrected chi connectivity index (χ2v) is 15.4. The first-order valence-corrected chi connectivity index (χ1v) is 15.0. The molecule has 41 heavy (non-hydrogen) atoms. The van der Waals surface area contributed by atoms with E-state index in [1.54, 1.807) is 0 Å². The summed E-state index contributed by atoms with van der Waals surface area (Å²) in [6, 6.07) is 0. The third kappa shape index (κ3) is 4.17. The van der Waals surface area contributed by atoms with Crippen molar-refractivity contribution in [1.82, 2.24) is 0 Å². The maximum absolute atomic E-state index is 13.0. The van der Waals surface area contributed by atoms with Crippen molar-refractivity contribution >= 4 is 39.8 Å². The Kier molecular flexibility index (Phi) is 7.65. The fourth-order valence-electron chi connectivity index (χ4n) is 7.85. The van der Waals surface area contributed by atoms with Crippen LogP contribution in [0.25, 0.3) is 0 Å². The third-order valence-electron chi connectivity index (χ3n) is 12.2. The summed E-state index contributed by atoms with van der Waals surface area (Å²) >= 11 is 3.72. The van der Waals surface area contributed by atoms with E-state index in [-0.39, 0.29) is 35.8 Å². The molecule has 7 unspecified atom stereocenters. The predicted octanol–water partition coefficient (Wildman–Crippen LogP) is 3.41. The fourth-order valence-corrected chi connectivity index (χ4v) is 8.94. The molecule has 4 N–H and O–H groups in total. The largest absolute Gasteiger partial charge is 0.479 e. The Morgan fingerprint density at radius 1 is 0.707 bits per heavy atom. The number of carboxylic acids is 2. The minimum atomic E-state index is -2.16. The molecule has 1 heterocycles. The SMILES string of the molecule is BrC12CC3CCC1(C3)OCCO2.CC1(C(=O)OC(=O)C2(C)CCC(O)(C(=O)O)C2(C)C)CCC(O)(C(=O)O)C1(C)C. The van der Waals surface area contributed by atoms with Gasteiger partial charge in [0.2, 0.25) is 0 Å². The summed E-state index contributed by atoms with van der Waals surface area (Å²) in [6.45, 7) is 10.2. The molecule has 11 nitrogen and oxygen atoms in total. The number of hydrogen-bond donors (Lipinski definition) is 4. The maximum atomic E-state index is 13.0. The molecule has 232 valence electrons. The number of ether oxygens (including phenoxy) is 3. The summed E-state index contributed by atoms with van der Waals surface area (Å²) in [7, 11) is 0. The molecule has 12 heteroatoms. The van der Waals surface area contributed by atoms with Crippen LogP contribution in [0.15, 0.2) is 0 Å². The number of aliphatic carboxylic acids is 2. The first kappa shape index (κ1) is 32.3. The van der Waals surface area contributed by atoms with Crippen molar-refractivity contribution < 1.29 is 53.8 Å². The van der Waals surface area contributed by atoms with Gasteiger partial charge in [-0.25, -0.2) is 9.59 Å². The Morgan fingerprint density at radius 3 is 1.51 bits per heavy atom. The first-order valence-electron chi connectivity index (χ1n) is 14.2. The molecule has 4 aliphatic carbocycles. The van der Waals surface area contributed by atoms with Crippen LogP contribution < -0.4 is 0 Å². The molecule has 1 spiro atoms. The van der Waals surface area contributed by atoms with Crippen molar-refractivity contribution in [2.24, 2.45) is 27.6 Å². The van der Waals surface area contributed by atoms with Crippen LogP contribution in [-0.4, -0.2) is 78.8 Å². The molecule has 0 aromatic carbocycles. The molecule has 0 aromatic heterocycles. The van der Waals surface area contributed by atoms with Crippen LogP contribution >= 0.6 is 15.9 Å². The summed E-state index contributed by atoms with van der Waals surface area (Å²) in [5, 5.41) is 40.1. The molecule has 0 radical (unpaired) electrons. The fraction of sp³-hybridized carbons (Fsp3) is 0.862. The Morgan fingerprint density at radius 2 is 1.15 bits per heavy atom. The Balaban J connectivity index is 0.000000262. The first-order chi connectivity index (χ1) is 18.6. The van der Waals surface area contributed by atoms with Gasteiger partial charge in [-0.05, 0) is 71.1 Å². The summed E-state index contributed by atoms with van der Waals surface area (Å²) < 4.78 is 16.7. The van der Waals surface area contributed by atoms with Gasteiger partial charge in [-0.2, -0.15) is 0 Å². The van der Waals surface area contributed by atoms with Crippen molar-refractivity contribution in [3.05, 3.63) is 0 Å². The number of esters is 2. The van der Waals surface area contributed by atoms with Crippen LogP contribution in [0.2, 0.25) is 0 Å². The normalized spacial score (nSPS) is 45.3. The summed E-state index contributed by atoms with van der Waals surface area (Å²) in [5.41, 5.74) is -10.1. The van der Waals surface area contributed by atoms with Gasteiger partial charge in [0, 0.05) is 10.8 Å². The standard InChI is InChI=1S/C20H30O9.C9H13BrO2/c1-15(2)17(5,7-9-19(15,27)11(21)22)13(25)29-14(26)18(6)8-10-20(28,12(23)24)16(18,3)4;10-9-6-7-1-2-8(9,5-7)11-3-4-12-9/h27-28H,7-10H2,1-6H3,(H,21,22)(H,23,24);7H,1-6H2. The number of hydrogen-bond acceptors (Lipinski definition) is 9. The Hall–Kier alpha value is -1.60. The molecular weight excluding hydrogens is 604 g/mol. The van der Waals surface area contributed by atoms with Gasteiger partial charge in [0.15, 0.2) is 15.7 Å². The lowest BCUT2D eigenvalue weighted by Gasteiger charge is -2.45. The third-order valence-corrected chi connectivity index (χ3v) is 13.5. The lowest BCUT2D eigenvalue weighted by Crippen LogP contribution is -2.57. The van der Waals surface area contributed by atoms with Gasteiger partial charge in [0.25, 0.3) is 0 Å². The van der Waals surface area contributed by atoms with Crippen molar-refractivity contribution in [1.29, 1.82) is 0 Å². The molecule has 0 aromatic rings. The van der Waals surface area contributed by atoms with E-state index in [1.807, 2.05) is 0 Å². The minimum absolute atomic E-state index is 0.00587. The van der Waals surface area contributed by atoms with E-state index in [4.69, 9.17) is 14.2 Å². The monoisotopic (exact) mass is 646 g/mol. The highest BCUT2D eigenvalue weighted by Gasteiger charge is 2.70. The average Bonchev–Trinajstić information content (AvgIpc) is 3.53. The second kappa shape index (κ2) is 9.70. The lowest BCUT2D eigenvalue weighted by molar-refractivity contribution is -0.204. The number of rotatable bonds is 4. The number of fused-ring (bicyclic) bond motifs is 1. The molecule has 2 bridgehead atoms. The zero-order valence-electron chi connectivity index (χ0n) is 24.7. The van der Waals surface area contributed by atoms with Gasteiger partial charge < -0.3 is 34.6 Å². The van der Waals surface area contributed by atoms with Crippen molar-refractivity contribution in [2.75, 3.05) is 13.2 Å². The zero-order valence-corrected chi connectivity index (χ0v) is 26.3. The van der Waals surface area contributed by atoms with Gasteiger partial charge in [0.1, 0.15) is 5.60 Å². The second-order valence-electron chi connectivity index (χ2n) is 14.2. The van der Waals surface area contributed by atoms with Gasteiger partial charge in [0.05, 0.1) is 24.0 Å². The number of aliphatic hydroxyl groups is 2. The molecule has 5 aliphatic rings. The van der Waals surface area contributed by atoms with E-state index in [0.29, 0.717) is 0 Å². The van der Waals surface area contributed by atoms with Crippen LogP contribution in [0.5, 0.6) is 0 Å². The van der Waals surface area contributed by atoms with E-state index in [2.05, 4.69) is 15.9 Å². The smallest absolute Gasteiger partial charge is 0.336 e. The van der Waals surface area contributed by atoms with Crippen LogP contribution in [0.4, 0.5) is 0 Å². The Bertz CT molecular complexity index is 1090. The summed E-state index contributed by atoms with van der Waals surface area (Å²) in [4.78, 5) is 49.2. The zero-order chi connectivity index (χ0) is 31.1. The molecule has 5 fully saturated rings. The quantitative estimate of drug-likeness (QED) is 0.200. The minimum Gasteiger partial charge on any atom is -0.479 e. The molecule has 7 atom stereocenters. The molecule has 0 amide bonds. The van der Waals surface area contributed by atoms with E-state index in [1.165, 1.54) is 60.8 Å². The highest BCUT2D eigenvalue weighted by atomic mass is 79.9. The van der Waals surface area contributed by atoms with Gasteiger partial charge in [-0.1, -0.05) is 43.6 Å². The van der Waals surface area contributed by atoms with E-state index < -0.39 is 56.7 Å². The van der Waals surface area contributed by atoms with Gasteiger partial charge in [-0.3, -0.25) is 9.59 Å². The molecular formula is C29H43BrO11. The number of carbonyl (C=O) groups excluding carboxylic acids is 2. The van der Waals surface area contributed by atoms with Crippen molar-refractivity contribution in [2.45, 2.75) is 114 Å². The number of halogens is 1. The van der Waals surface area contributed by atoms with Crippen LogP contribution in [0.1, 0.15) is 92.9 Å². The Labute approximate surface area is 248 Å². The number of alkyl halides is 1. The number of carbonyl (C=O) groups is 4. The summed E-state index contributed by atoms with van der Waals surface area (Å²) in [6.07, 6.45) is 4.49. The summed E-state index contributed by atoms with van der Waals surface area (Å²) in [5.74, 6) is -4.04. The van der Waals surface area contributed by atoms with Gasteiger partial charge >= 0.3 is 23.9 Å². The molecule has 1 aliphatic heterocycles. The maximum Gasteiger partial charge on any atom is 0.336 e. The lowest BCUT2D eigenvalue weighted by atomic mass is 9.63. The van der Waals surface area contributed by atoms with E-state index >= 15 is 0 Å². The average molecular weight is 648 g/mol. The highest BCUT2D eigenvalue weighted by Crippen LogP contribution is 2.62. The van der Waals surface area contributed by atoms with Crippen LogP contribution in [-0.2, 0) is 33.4 Å². The highest BCUT2D eigenvalue weighted by molar-refractivity contribution is 9.10. The van der Waals surface area contributed by atoms with Crippen LogP contribution in [0, 0.1) is 27.6 Å². The molecule has 5 rings (SSSR count). The predicted molar refractivity (Wildman–Crippen MR) is 147 cm³/mol. The van der Waals surface area contributed by atoms with Gasteiger partial charge in [-0.15, -0.1) is 0 Å². The van der Waals surface area contributed by atoms with Crippen molar-refractivity contribution in [3.8, 4) is 0 Å². The van der Waals surface area contributed by atoms with Crippen LogP contribution in [0.3, 0.4) is 0 Å². The molecule has 1 saturated heterocycles. The molecule has 4 saturated carbocycles.